The Labute approximate surface area is 126 Å². The second-order valence-corrected chi connectivity index (χ2v) is 6.64. The molecule has 0 N–H and O–H groups in total. The third kappa shape index (κ3) is 1.57. The van der Waals surface area contributed by atoms with Crippen LogP contribution in [0.2, 0.25) is 0 Å². The molecule has 0 amide bonds. The van der Waals surface area contributed by atoms with Crippen LogP contribution in [0.3, 0.4) is 0 Å². The number of aryl methyl sites for hydroxylation is 2. The van der Waals surface area contributed by atoms with Crippen molar-refractivity contribution in [1.29, 1.82) is 0 Å². The second-order valence-electron chi connectivity index (χ2n) is 6.64. The molecule has 0 bridgehead atoms. The van der Waals surface area contributed by atoms with E-state index < -0.39 is 0 Å². The van der Waals surface area contributed by atoms with Crippen molar-refractivity contribution < 1.29 is 0 Å². The summed E-state index contributed by atoms with van der Waals surface area (Å²) in [4.78, 5) is 2.68. The maximum atomic E-state index is 4.55. The van der Waals surface area contributed by atoms with Crippen molar-refractivity contribution in [3.8, 4) is 0 Å². The standard InChI is InChI=1S/C18H23N3/c1-13-8-4-5-9-16(13)21-14(2)15-12-19-20(3)17(15)18(21)10-6-7-11-18/h4-5,8-9,12,14H,6-7,10-11H2,1-3H3/t14-/m0/s1. The first-order chi connectivity index (χ1) is 10.1. The molecule has 0 saturated heterocycles. The van der Waals surface area contributed by atoms with Gasteiger partial charge in [0.15, 0.2) is 0 Å². The highest BCUT2D eigenvalue weighted by Gasteiger charge is 2.52. The molecule has 1 aliphatic heterocycles. The molecule has 2 heterocycles. The number of nitrogens with zero attached hydrogens (tertiary/aromatic N) is 3. The van der Waals surface area contributed by atoms with Crippen LogP contribution < -0.4 is 4.90 Å². The van der Waals surface area contributed by atoms with Crippen molar-refractivity contribution in [2.75, 3.05) is 4.90 Å². The Hall–Kier alpha value is -1.77. The molecule has 21 heavy (non-hydrogen) atoms. The Morgan fingerprint density at radius 2 is 1.90 bits per heavy atom. The van der Waals surface area contributed by atoms with Crippen LogP contribution in [0.15, 0.2) is 30.5 Å². The van der Waals surface area contributed by atoms with E-state index >= 15 is 0 Å². The van der Waals surface area contributed by atoms with Crippen LogP contribution in [0.25, 0.3) is 0 Å². The number of benzene rings is 1. The summed E-state index contributed by atoms with van der Waals surface area (Å²) in [6, 6.07) is 9.22. The maximum Gasteiger partial charge on any atom is 0.0830 e. The molecule has 0 unspecified atom stereocenters. The van der Waals surface area contributed by atoms with Gasteiger partial charge in [0, 0.05) is 18.3 Å². The quantitative estimate of drug-likeness (QED) is 0.785. The third-order valence-corrected chi connectivity index (χ3v) is 5.51. The van der Waals surface area contributed by atoms with Gasteiger partial charge in [0.2, 0.25) is 0 Å². The SMILES string of the molecule is Cc1ccccc1N1[C@@H](C)c2cnn(C)c2C12CCCC2. The summed E-state index contributed by atoms with van der Waals surface area (Å²) in [6.45, 7) is 4.56. The summed E-state index contributed by atoms with van der Waals surface area (Å²) < 4.78 is 2.12. The molecule has 4 rings (SSSR count). The summed E-state index contributed by atoms with van der Waals surface area (Å²) in [5, 5.41) is 4.55. The summed E-state index contributed by atoms with van der Waals surface area (Å²) in [6.07, 6.45) is 7.22. The van der Waals surface area contributed by atoms with Gasteiger partial charge in [0.25, 0.3) is 0 Å². The Morgan fingerprint density at radius 1 is 1.19 bits per heavy atom. The highest BCUT2D eigenvalue weighted by atomic mass is 15.4. The van der Waals surface area contributed by atoms with Gasteiger partial charge in [0.05, 0.1) is 23.5 Å². The summed E-state index contributed by atoms with van der Waals surface area (Å²) in [5.41, 5.74) is 5.80. The van der Waals surface area contributed by atoms with Crippen molar-refractivity contribution in [2.45, 2.75) is 51.1 Å². The average Bonchev–Trinajstić information content (AvgIpc) is 3.13. The smallest absolute Gasteiger partial charge is 0.0830 e. The Balaban J connectivity index is 1.94. The second kappa shape index (κ2) is 4.36. The molecule has 110 valence electrons. The molecule has 1 saturated carbocycles. The molecular weight excluding hydrogens is 258 g/mol. The summed E-state index contributed by atoms with van der Waals surface area (Å²) in [7, 11) is 2.10. The molecule has 1 fully saturated rings. The molecule has 3 heteroatoms. The van der Waals surface area contributed by atoms with E-state index in [2.05, 4.69) is 66.0 Å². The van der Waals surface area contributed by atoms with Crippen LogP contribution in [0.4, 0.5) is 5.69 Å². The lowest BCUT2D eigenvalue weighted by molar-refractivity contribution is 0.388. The number of anilines is 1. The molecule has 1 aliphatic carbocycles. The number of hydrogen-bond acceptors (Lipinski definition) is 2. The Bertz CT molecular complexity index is 680. The van der Waals surface area contributed by atoms with Gasteiger partial charge in [-0.15, -0.1) is 0 Å². The number of hydrogen-bond donors (Lipinski definition) is 0. The number of fused-ring (bicyclic) bond motifs is 2. The highest BCUT2D eigenvalue weighted by molar-refractivity contribution is 5.62. The predicted molar refractivity (Wildman–Crippen MR) is 85.4 cm³/mol. The number of aromatic nitrogens is 2. The molecule has 1 spiro atoms. The molecule has 3 nitrogen and oxygen atoms in total. The molecule has 1 atom stereocenters. The molecule has 1 aromatic carbocycles. The van der Waals surface area contributed by atoms with Gasteiger partial charge in [-0.3, -0.25) is 4.68 Å². The van der Waals surface area contributed by atoms with Crippen LogP contribution in [-0.2, 0) is 12.6 Å². The van der Waals surface area contributed by atoms with Crippen molar-refractivity contribution in [3.63, 3.8) is 0 Å². The van der Waals surface area contributed by atoms with Gasteiger partial charge in [-0.1, -0.05) is 31.0 Å². The Kier molecular flexibility index (Phi) is 2.69. The van der Waals surface area contributed by atoms with E-state index in [0.29, 0.717) is 6.04 Å². The molecule has 0 radical (unpaired) electrons. The van der Waals surface area contributed by atoms with Gasteiger partial charge in [-0.2, -0.15) is 5.10 Å². The largest absolute Gasteiger partial charge is 0.353 e. The summed E-state index contributed by atoms with van der Waals surface area (Å²) >= 11 is 0. The van der Waals surface area contributed by atoms with E-state index in [-0.39, 0.29) is 5.54 Å². The average molecular weight is 281 g/mol. The minimum Gasteiger partial charge on any atom is -0.353 e. The van der Waals surface area contributed by atoms with Crippen LogP contribution >= 0.6 is 0 Å². The molecular formula is C18H23N3. The van der Waals surface area contributed by atoms with Gasteiger partial charge < -0.3 is 4.90 Å². The van der Waals surface area contributed by atoms with E-state index in [0.717, 1.165) is 0 Å². The topological polar surface area (TPSA) is 21.1 Å². The molecule has 2 aromatic rings. The fourth-order valence-corrected chi connectivity index (χ4v) is 4.66. The fourth-order valence-electron chi connectivity index (χ4n) is 4.66. The van der Waals surface area contributed by atoms with E-state index in [1.807, 2.05) is 0 Å². The molecule has 1 aromatic heterocycles. The lowest BCUT2D eigenvalue weighted by atomic mass is 9.92. The molecule has 2 aliphatic rings. The minimum absolute atomic E-state index is 0.159. The summed E-state index contributed by atoms with van der Waals surface area (Å²) in [5.74, 6) is 0. The highest BCUT2D eigenvalue weighted by Crippen LogP contribution is 2.56. The minimum atomic E-state index is 0.159. The first kappa shape index (κ1) is 12.9. The van der Waals surface area contributed by atoms with E-state index in [9.17, 15) is 0 Å². The number of rotatable bonds is 1. The van der Waals surface area contributed by atoms with E-state index in [4.69, 9.17) is 0 Å². The first-order valence-corrected chi connectivity index (χ1v) is 8.02. The predicted octanol–water partition coefficient (Wildman–Crippen LogP) is 4.08. The maximum absolute atomic E-state index is 4.55. The first-order valence-electron chi connectivity index (χ1n) is 8.02. The lowest BCUT2D eigenvalue weighted by Gasteiger charge is -2.41. The normalized spacial score (nSPS) is 23.0. The fraction of sp³-hybridized carbons (Fsp3) is 0.500. The van der Waals surface area contributed by atoms with Gasteiger partial charge in [0.1, 0.15) is 0 Å². The van der Waals surface area contributed by atoms with E-state index in [1.54, 1.807) is 0 Å². The Morgan fingerprint density at radius 3 is 2.62 bits per heavy atom. The van der Waals surface area contributed by atoms with Crippen LogP contribution in [0.1, 0.15) is 55.5 Å². The van der Waals surface area contributed by atoms with Gasteiger partial charge >= 0.3 is 0 Å². The van der Waals surface area contributed by atoms with Gasteiger partial charge in [-0.05, 0) is 38.3 Å². The monoisotopic (exact) mass is 281 g/mol. The number of para-hydroxylation sites is 1. The van der Waals surface area contributed by atoms with Crippen LogP contribution in [0, 0.1) is 6.92 Å². The zero-order valence-corrected chi connectivity index (χ0v) is 13.1. The van der Waals surface area contributed by atoms with E-state index in [1.165, 1.54) is 48.2 Å². The van der Waals surface area contributed by atoms with Crippen molar-refractivity contribution in [3.05, 3.63) is 47.3 Å². The van der Waals surface area contributed by atoms with Crippen LogP contribution in [-0.4, -0.2) is 9.78 Å². The zero-order valence-electron chi connectivity index (χ0n) is 13.1. The van der Waals surface area contributed by atoms with Crippen LogP contribution in [0.5, 0.6) is 0 Å². The van der Waals surface area contributed by atoms with Gasteiger partial charge in [-0.25, -0.2) is 0 Å². The van der Waals surface area contributed by atoms with Crippen molar-refractivity contribution >= 4 is 5.69 Å². The van der Waals surface area contributed by atoms with Crippen molar-refractivity contribution in [1.82, 2.24) is 9.78 Å². The third-order valence-electron chi connectivity index (χ3n) is 5.51. The lowest BCUT2D eigenvalue weighted by Crippen LogP contribution is -2.42. The van der Waals surface area contributed by atoms with Crippen molar-refractivity contribution in [2.24, 2.45) is 7.05 Å². The zero-order chi connectivity index (χ0) is 14.6.